The Hall–Kier alpha value is -3.15. The van der Waals surface area contributed by atoms with Crippen LogP contribution in [0.1, 0.15) is 37.7 Å². The number of guanidine groups is 1. The number of aliphatic imine (C=N–C) groups is 1. The number of pyridine rings is 1. The van der Waals surface area contributed by atoms with Gasteiger partial charge in [0.2, 0.25) is 0 Å². The number of carbonyl (C=O) groups is 1. The Bertz CT molecular complexity index is 927. The number of nitrogens with two attached hydrogens (primary N) is 1. The van der Waals surface area contributed by atoms with Gasteiger partial charge in [0.05, 0.1) is 5.69 Å². The first-order valence-corrected chi connectivity index (χ1v) is 10.6. The van der Waals surface area contributed by atoms with Gasteiger partial charge in [-0.2, -0.15) is 0 Å². The first kappa shape index (κ1) is 20.1. The van der Waals surface area contributed by atoms with Crippen molar-refractivity contribution in [3.8, 4) is 0 Å². The number of rotatable bonds is 6. The third-order valence-corrected chi connectivity index (χ3v) is 6.10. The molecule has 1 aliphatic heterocycles. The summed E-state index contributed by atoms with van der Waals surface area (Å²) in [6.45, 7) is 0. The molecule has 0 saturated heterocycles. The molecule has 0 radical (unpaired) electrons. The van der Waals surface area contributed by atoms with Gasteiger partial charge in [0.15, 0.2) is 11.5 Å². The van der Waals surface area contributed by atoms with Crippen LogP contribution in [0, 0.1) is 5.92 Å². The first-order valence-electron chi connectivity index (χ1n) is 10.6. The first-order chi connectivity index (χ1) is 14.6. The maximum atomic E-state index is 13.2. The number of carbonyl (C=O) groups excluding carboxylic acids is 1. The van der Waals surface area contributed by atoms with Gasteiger partial charge in [0, 0.05) is 25.5 Å². The Morgan fingerprint density at radius 3 is 2.77 bits per heavy atom. The number of hydrogen-bond acceptors (Lipinski definition) is 5. The van der Waals surface area contributed by atoms with Crippen LogP contribution < -0.4 is 11.1 Å². The minimum absolute atomic E-state index is 0.0467. The smallest absolute Gasteiger partial charge is 0.261 e. The molecule has 156 valence electrons. The minimum atomic E-state index is -0.921. The third kappa shape index (κ3) is 4.37. The predicted octanol–water partition coefficient (Wildman–Crippen LogP) is 3.68. The Balaban J connectivity index is 1.52. The molecule has 4 rings (SSSR count). The minimum Gasteiger partial charge on any atom is -0.381 e. The molecule has 1 saturated carbocycles. The average molecular weight is 404 g/mol. The molecule has 3 atom stereocenters. The SMILES string of the molecule is CN1C(=O)[C@](C=Cc2ccccc2)(CC2CCC[C@@H](Nc3cccnc3)C2)N=C1N. The van der Waals surface area contributed by atoms with Crippen molar-refractivity contribution in [1.29, 1.82) is 0 Å². The molecular formula is C24H29N5O. The average Bonchev–Trinajstić information content (AvgIpc) is 2.98. The second-order valence-electron chi connectivity index (χ2n) is 8.32. The van der Waals surface area contributed by atoms with E-state index in [9.17, 15) is 4.79 Å². The van der Waals surface area contributed by atoms with Crippen molar-refractivity contribution in [3.63, 3.8) is 0 Å². The van der Waals surface area contributed by atoms with Gasteiger partial charge in [-0.1, -0.05) is 49.2 Å². The highest BCUT2D eigenvalue weighted by Crippen LogP contribution is 2.37. The zero-order valence-electron chi connectivity index (χ0n) is 17.4. The molecule has 2 aromatic rings. The highest BCUT2D eigenvalue weighted by Gasteiger charge is 2.46. The van der Waals surface area contributed by atoms with Crippen molar-refractivity contribution in [3.05, 3.63) is 66.5 Å². The van der Waals surface area contributed by atoms with Crippen molar-refractivity contribution in [1.82, 2.24) is 9.88 Å². The second-order valence-corrected chi connectivity index (χ2v) is 8.32. The van der Waals surface area contributed by atoms with Gasteiger partial charge in [0.1, 0.15) is 0 Å². The summed E-state index contributed by atoms with van der Waals surface area (Å²) in [6.07, 6.45) is 12.6. The van der Waals surface area contributed by atoms with E-state index >= 15 is 0 Å². The third-order valence-electron chi connectivity index (χ3n) is 6.10. The number of nitrogens with one attached hydrogen (secondary N) is 1. The number of likely N-dealkylation sites (N-methyl/N-ethyl adjacent to an activating group) is 1. The van der Waals surface area contributed by atoms with Gasteiger partial charge < -0.3 is 11.1 Å². The Labute approximate surface area is 177 Å². The van der Waals surface area contributed by atoms with E-state index in [1.807, 2.05) is 60.8 Å². The van der Waals surface area contributed by atoms with Crippen molar-refractivity contribution in [2.45, 2.75) is 43.7 Å². The molecule has 1 aromatic carbocycles. The van der Waals surface area contributed by atoms with Crippen LogP contribution in [-0.2, 0) is 4.79 Å². The van der Waals surface area contributed by atoms with E-state index < -0.39 is 5.54 Å². The second kappa shape index (κ2) is 8.69. The molecule has 30 heavy (non-hydrogen) atoms. The van der Waals surface area contributed by atoms with Crippen LogP contribution in [0.15, 0.2) is 65.9 Å². The zero-order chi connectivity index (χ0) is 21.0. The molecule has 0 spiro atoms. The Morgan fingerprint density at radius 2 is 2.07 bits per heavy atom. The van der Waals surface area contributed by atoms with Crippen LogP contribution in [0.5, 0.6) is 0 Å². The summed E-state index contributed by atoms with van der Waals surface area (Å²) in [5.74, 6) is 0.633. The van der Waals surface area contributed by atoms with Gasteiger partial charge in [-0.05, 0) is 49.0 Å². The lowest BCUT2D eigenvalue weighted by Crippen LogP contribution is -2.43. The summed E-state index contributed by atoms with van der Waals surface area (Å²) in [7, 11) is 1.70. The van der Waals surface area contributed by atoms with Crippen LogP contribution in [0.3, 0.4) is 0 Å². The largest absolute Gasteiger partial charge is 0.381 e. The van der Waals surface area contributed by atoms with E-state index in [1.165, 1.54) is 4.90 Å². The molecule has 2 aliphatic rings. The normalized spacial score (nSPS) is 26.8. The summed E-state index contributed by atoms with van der Waals surface area (Å²) in [4.78, 5) is 23.5. The van der Waals surface area contributed by atoms with Gasteiger partial charge in [-0.25, -0.2) is 4.99 Å². The van der Waals surface area contributed by atoms with E-state index in [1.54, 1.807) is 13.2 Å². The number of amides is 1. The summed E-state index contributed by atoms with van der Waals surface area (Å²) in [6, 6.07) is 14.4. The molecule has 2 heterocycles. The molecule has 1 amide bonds. The summed E-state index contributed by atoms with van der Waals surface area (Å²) in [5.41, 5.74) is 7.22. The molecule has 6 nitrogen and oxygen atoms in total. The number of anilines is 1. The fraction of sp³-hybridized carbons (Fsp3) is 0.375. The van der Waals surface area contributed by atoms with E-state index in [2.05, 4.69) is 15.3 Å². The fourth-order valence-electron chi connectivity index (χ4n) is 4.56. The number of aromatic nitrogens is 1. The lowest BCUT2D eigenvalue weighted by atomic mass is 9.77. The van der Waals surface area contributed by atoms with Crippen LogP contribution in [0.25, 0.3) is 6.08 Å². The van der Waals surface area contributed by atoms with Gasteiger partial charge >= 0.3 is 0 Å². The van der Waals surface area contributed by atoms with Crippen molar-refractivity contribution < 1.29 is 4.79 Å². The van der Waals surface area contributed by atoms with Crippen molar-refractivity contribution in [2.24, 2.45) is 16.6 Å². The maximum Gasteiger partial charge on any atom is 0.261 e. The van der Waals surface area contributed by atoms with Crippen LogP contribution in [0.4, 0.5) is 5.69 Å². The zero-order valence-corrected chi connectivity index (χ0v) is 17.4. The maximum absolute atomic E-state index is 13.2. The monoisotopic (exact) mass is 403 g/mol. The lowest BCUT2D eigenvalue weighted by molar-refractivity contribution is -0.129. The van der Waals surface area contributed by atoms with E-state index in [0.29, 0.717) is 24.3 Å². The highest BCUT2D eigenvalue weighted by molar-refractivity contribution is 6.08. The molecule has 3 N–H and O–H groups in total. The number of benzene rings is 1. The Morgan fingerprint density at radius 1 is 1.23 bits per heavy atom. The molecule has 1 aliphatic carbocycles. The fourth-order valence-corrected chi connectivity index (χ4v) is 4.56. The van der Waals surface area contributed by atoms with Gasteiger partial charge in [-0.15, -0.1) is 0 Å². The molecule has 1 aromatic heterocycles. The van der Waals surface area contributed by atoms with E-state index in [-0.39, 0.29) is 5.91 Å². The quantitative estimate of drug-likeness (QED) is 0.771. The predicted molar refractivity (Wildman–Crippen MR) is 121 cm³/mol. The standard InChI is InChI=1S/C24H29N5O/c1-29-22(30)24(28-23(29)25,13-12-18-7-3-2-4-8-18)16-19-9-5-10-20(15-19)27-21-11-6-14-26-17-21/h2-4,6-8,11-14,17,19-20,27H,5,9-10,15-16H2,1H3,(H2,25,28)/t19?,20-,24+/m1/s1. The van der Waals surface area contributed by atoms with Crippen molar-refractivity contribution in [2.75, 3.05) is 12.4 Å². The number of hydrogen-bond donors (Lipinski definition) is 2. The number of nitrogens with zero attached hydrogens (tertiary/aromatic N) is 3. The lowest BCUT2D eigenvalue weighted by Gasteiger charge is -2.34. The summed E-state index contributed by atoms with van der Waals surface area (Å²) >= 11 is 0. The topological polar surface area (TPSA) is 83.6 Å². The summed E-state index contributed by atoms with van der Waals surface area (Å²) < 4.78 is 0. The van der Waals surface area contributed by atoms with Crippen molar-refractivity contribution >= 4 is 23.6 Å². The van der Waals surface area contributed by atoms with Crippen LogP contribution >= 0.6 is 0 Å². The van der Waals surface area contributed by atoms with E-state index in [0.717, 1.165) is 36.9 Å². The molecule has 0 bridgehead atoms. The van der Waals surface area contributed by atoms with E-state index in [4.69, 9.17) is 5.73 Å². The molecule has 1 fully saturated rings. The Kier molecular flexibility index (Phi) is 5.84. The summed E-state index contributed by atoms with van der Waals surface area (Å²) in [5, 5.41) is 3.60. The molecule has 1 unspecified atom stereocenters. The van der Waals surface area contributed by atoms with Crippen LogP contribution in [-0.4, -0.2) is 40.4 Å². The highest BCUT2D eigenvalue weighted by atomic mass is 16.2. The molecular weight excluding hydrogens is 374 g/mol. The van der Waals surface area contributed by atoms with Crippen LogP contribution in [0.2, 0.25) is 0 Å². The molecule has 6 heteroatoms. The van der Waals surface area contributed by atoms with Gasteiger partial charge in [0.25, 0.3) is 5.91 Å². The van der Waals surface area contributed by atoms with Gasteiger partial charge in [-0.3, -0.25) is 14.7 Å².